The number of aromatic hydroxyl groups is 1. The fourth-order valence-corrected chi connectivity index (χ4v) is 1.78. The average Bonchev–Trinajstić information content (AvgIpc) is 2.35. The van der Waals surface area contributed by atoms with Crippen LogP contribution in [0, 0.1) is 0 Å². The molecule has 100 valence electrons. The minimum absolute atomic E-state index is 0.128. The van der Waals surface area contributed by atoms with E-state index in [1.165, 1.54) is 0 Å². The van der Waals surface area contributed by atoms with Crippen LogP contribution in [0.4, 0.5) is 0 Å². The molecule has 1 rings (SSSR count). The van der Waals surface area contributed by atoms with Gasteiger partial charge in [-0.2, -0.15) is 0 Å². The smallest absolute Gasteiger partial charge is 0.223 e. The van der Waals surface area contributed by atoms with Gasteiger partial charge in [0.25, 0.3) is 0 Å². The van der Waals surface area contributed by atoms with E-state index in [4.69, 9.17) is 0 Å². The van der Waals surface area contributed by atoms with Gasteiger partial charge in [0, 0.05) is 33.1 Å². The Labute approximate surface area is 109 Å². The van der Waals surface area contributed by atoms with Crippen molar-refractivity contribution in [2.24, 2.45) is 0 Å². The fraction of sp³-hybridized carbons (Fsp3) is 0.500. The highest BCUT2D eigenvalue weighted by Gasteiger charge is 2.10. The normalized spacial score (nSPS) is 12.2. The molecule has 18 heavy (non-hydrogen) atoms. The van der Waals surface area contributed by atoms with Gasteiger partial charge in [0.1, 0.15) is 5.75 Å². The lowest BCUT2D eigenvalue weighted by Gasteiger charge is -2.18. The van der Waals surface area contributed by atoms with E-state index in [1.807, 2.05) is 12.1 Å². The Morgan fingerprint density at radius 3 is 2.44 bits per heavy atom. The van der Waals surface area contributed by atoms with Crippen LogP contribution in [0.25, 0.3) is 0 Å². The van der Waals surface area contributed by atoms with Gasteiger partial charge in [-0.1, -0.05) is 19.1 Å². The van der Waals surface area contributed by atoms with Gasteiger partial charge in [-0.05, 0) is 24.1 Å². The van der Waals surface area contributed by atoms with Gasteiger partial charge in [0.05, 0.1) is 0 Å². The first-order valence-electron chi connectivity index (χ1n) is 6.27. The zero-order chi connectivity index (χ0) is 13.5. The summed E-state index contributed by atoms with van der Waals surface area (Å²) in [6.45, 7) is 2.76. The summed E-state index contributed by atoms with van der Waals surface area (Å²) in [5, 5.41) is 12.6. The molecule has 0 aromatic heterocycles. The van der Waals surface area contributed by atoms with Crippen LogP contribution >= 0.6 is 0 Å². The summed E-state index contributed by atoms with van der Waals surface area (Å²) < 4.78 is 0. The molecule has 0 aliphatic carbocycles. The number of hydrogen-bond donors (Lipinski definition) is 2. The largest absolute Gasteiger partial charge is 0.508 e. The minimum Gasteiger partial charge on any atom is -0.508 e. The standard InChI is InChI=1S/C14H22N2O2/c1-4-13(11-5-7-12(17)8-6-11)15-10-9-14(18)16(2)3/h5-8,13,15,17H,4,9-10H2,1-3H3. The van der Waals surface area contributed by atoms with Crippen molar-refractivity contribution in [1.82, 2.24) is 10.2 Å². The molecule has 0 fully saturated rings. The molecule has 0 aliphatic heterocycles. The Morgan fingerprint density at radius 1 is 1.33 bits per heavy atom. The van der Waals surface area contributed by atoms with Gasteiger partial charge in [-0.15, -0.1) is 0 Å². The minimum atomic E-state index is 0.128. The maximum atomic E-state index is 11.4. The predicted molar refractivity (Wildman–Crippen MR) is 72.5 cm³/mol. The average molecular weight is 250 g/mol. The lowest BCUT2D eigenvalue weighted by atomic mass is 10.0. The molecule has 1 unspecified atom stereocenters. The Bertz CT molecular complexity index is 374. The van der Waals surface area contributed by atoms with Gasteiger partial charge in [0.15, 0.2) is 0 Å². The molecule has 0 radical (unpaired) electrons. The van der Waals surface area contributed by atoms with E-state index in [1.54, 1.807) is 31.1 Å². The molecule has 2 N–H and O–H groups in total. The monoisotopic (exact) mass is 250 g/mol. The Morgan fingerprint density at radius 2 is 1.94 bits per heavy atom. The zero-order valence-corrected chi connectivity index (χ0v) is 11.3. The number of rotatable bonds is 6. The molecule has 0 saturated heterocycles. The Kier molecular flexibility index (Phi) is 5.65. The van der Waals surface area contributed by atoms with E-state index >= 15 is 0 Å². The van der Waals surface area contributed by atoms with Crippen LogP contribution in [-0.4, -0.2) is 36.6 Å². The molecule has 4 nitrogen and oxygen atoms in total. The third kappa shape index (κ3) is 4.37. The summed E-state index contributed by atoms with van der Waals surface area (Å²) in [6, 6.07) is 7.41. The molecular weight excluding hydrogens is 228 g/mol. The second-order valence-electron chi connectivity index (χ2n) is 4.54. The summed E-state index contributed by atoms with van der Waals surface area (Å²) in [5.41, 5.74) is 1.13. The van der Waals surface area contributed by atoms with Gasteiger partial charge < -0.3 is 15.3 Å². The van der Waals surface area contributed by atoms with E-state index in [2.05, 4.69) is 12.2 Å². The zero-order valence-electron chi connectivity index (χ0n) is 11.3. The number of phenolic OH excluding ortho intramolecular Hbond substituents is 1. The first-order chi connectivity index (χ1) is 8.54. The molecule has 0 heterocycles. The third-order valence-corrected chi connectivity index (χ3v) is 2.93. The first-order valence-corrected chi connectivity index (χ1v) is 6.27. The van der Waals surface area contributed by atoms with E-state index in [9.17, 15) is 9.90 Å². The van der Waals surface area contributed by atoms with Crippen LogP contribution in [0.3, 0.4) is 0 Å². The molecule has 0 aliphatic rings. The van der Waals surface area contributed by atoms with Crippen LogP contribution < -0.4 is 5.32 Å². The third-order valence-electron chi connectivity index (χ3n) is 2.93. The van der Waals surface area contributed by atoms with Crippen LogP contribution in [0.1, 0.15) is 31.4 Å². The van der Waals surface area contributed by atoms with Gasteiger partial charge in [0.2, 0.25) is 5.91 Å². The van der Waals surface area contributed by atoms with Crippen molar-refractivity contribution in [1.29, 1.82) is 0 Å². The molecule has 1 atom stereocenters. The van der Waals surface area contributed by atoms with Crippen LogP contribution in [-0.2, 0) is 4.79 Å². The summed E-state index contributed by atoms with van der Waals surface area (Å²) in [5.74, 6) is 0.402. The van der Waals surface area contributed by atoms with Crippen LogP contribution in [0.5, 0.6) is 5.75 Å². The number of benzene rings is 1. The van der Waals surface area contributed by atoms with Crippen molar-refractivity contribution < 1.29 is 9.90 Å². The predicted octanol–water partition coefficient (Wildman–Crippen LogP) is 1.91. The summed E-state index contributed by atoms with van der Waals surface area (Å²) >= 11 is 0. The quantitative estimate of drug-likeness (QED) is 0.811. The molecule has 0 saturated carbocycles. The summed E-state index contributed by atoms with van der Waals surface area (Å²) in [6.07, 6.45) is 1.45. The highest BCUT2D eigenvalue weighted by molar-refractivity contribution is 5.75. The molecule has 0 bridgehead atoms. The number of carbonyl (C=O) groups is 1. The second-order valence-corrected chi connectivity index (χ2v) is 4.54. The van der Waals surface area contributed by atoms with Gasteiger partial charge in [-0.25, -0.2) is 0 Å². The van der Waals surface area contributed by atoms with E-state index in [-0.39, 0.29) is 17.7 Å². The van der Waals surface area contributed by atoms with Crippen LogP contribution in [0.2, 0.25) is 0 Å². The molecule has 0 spiro atoms. The SMILES string of the molecule is CCC(NCCC(=O)N(C)C)c1ccc(O)cc1. The molecular formula is C14H22N2O2. The van der Waals surface area contributed by atoms with Crippen LogP contribution in [0.15, 0.2) is 24.3 Å². The molecule has 1 amide bonds. The topological polar surface area (TPSA) is 52.6 Å². The number of hydrogen-bond acceptors (Lipinski definition) is 3. The number of nitrogens with zero attached hydrogens (tertiary/aromatic N) is 1. The molecule has 1 aromatic carbocycles. The van der Waals surface area contributed by atoms with E-state index < -0.39 is 0 Å². The number of nitrogens with one attached hydrogen (secondary N) is 1. The Balaban J connectivity index is 2.47. The first kappa shape index (κ1) is 14.5. The highest BCUT2D eigenvalue weighted by atomic mass is 16.3. The maximum Gasteiger partial charge on any atom is 0.223 e. The Hall–Kier alpha value is -1.55. The summed E-state index contributed by atoms with van der Waals surface area (Å²) in [7, 11) is 3.53. The molecule has 4 heteroatoms. The van der Waals surface area contributed by atoms with Crippen molar-refractivity contribution in [3.8, 4) is 5.75 Å². The van der Waals surface area contributed by atoms with Gasteiger partial charge >= 0.3 is 0 Å². The van der Waals surface area contributed by atoms with Crippen molar-refractivity contribution in [3.05, 3.63) is 29.8 Å². The maximum absolute atomic E-state index is 11.4. The fourth-order valence-electron chi connectivity index (χ4n) is 1.78. The van der Waals surface area contributed by atoms with E-state index in [0.717, 1.165) is 12.0 Å². The van der Waals surface area contributed by atoms with Gasteiger partial charge in [-0.3, -0.25) is 4.79 Å². The van der Waals surface area contributed by atoms with Crippen molar-refractivity contribution in [2.75, 3.05) is 20.6 Å². The lowest BCUT2D eigenvalue weighted by molar-refractivity contribution is -0.128. The molecule has 1 aromatic rings. The number of phenols is 1. The van der Waals surface area contributed by atoms with Crippen molar-refractivity contribution in [3.63, 3.8) is 0 Å². The summed E-state index contributed by atoms with van der Waals surface area (Å²) in [4.78, 5) is 13.0. The van der Waals surface area contributed by atoms with E-state index in [0.29, 0.717) is 13.0 Å². The number of amides is 1. The van der Waals surface area contributed by atoms with Crippen molar-refractivity contribution in [2.45, 2.75) is 25.8 Å². The number of carbonyl (C=O) groups excluding carboxylic acids is 1. The lowest BCUT2D eigenvalue weighted by Crippen LogP contribution is -2.28. The second kappa shape index (κ2) is 7.01. The highest BCUT2D eigenvalue weighted by Crippen LogP contribution is 2.19. The van der Waals surface area contributed by atoms with Crippen molar-refractivity contribution >= 4 is 5.91 Å².